The number of unbranched alkanes of at least 4 members (excludes halogenated alkanes) is 9. The minimum Gasteiger partial charge on any atom is -0.209 e. The minimum absolute atomic E-state index is 0.637. The van der Waals surface area contributed by atoms with Gasteiger partial charge in [0.2, 0.25) is 0 Å². The van der Waals surface area contributed by atoms with Gasteiger partial charge in [-0.2, -0.15) is 0 Å². The summed E-state index contributed by atoms with van der Waals surface area (Å²) >= 11 is 0. The van der Waals surface area contributed by atoms with Crippen molar-refractivity contribution in [2.75, 3.05) is 6.54 Å². The van der Waals surface area contributed by atoms with E-state index in [0.29, 0.717) is 5.92 Å². The molecule has 0 aromatic heterocycles. The highest BCUT2D eigenvalue weighted by atomic mass is 28.3. The van der Waals surface area contributed by atoms with E-state index in [1.54, 1.807) is 22.4 Å². The maximum atomic E-state index is 2.82. The molecule has 1 nitrogen and oxygen atoms in total. The molecule has 1 aliphatic rings. The van der Waals surface area contributed by atoms with E-state index in [0.717, 1.165) is 0 Å². The summed E-state index contributed by atoms with van der Waals surface area (Å²) in [5.41, 5.74) is 6.37. The summed E-state index contributed by atoms with van der Waals surface area (Å²) in [7, 11) is -0.803. The second-order valence-corrected chi connectivity index (χ2v) is 11.3. The average molecular weight is 364 g/mol. The maximum Gasteiger partial charge on any atom is 0.314 e. The van der Waals surface area contributed by atoms with Crippen molar-refractivity contribution in [2.24, 2.45) is 5.92 Å². The lowest BCUT2D eigenvalue weighted by Gasteiger charge is -2.22. The maximum absolute atomic E-state index is 2.82. The molecule has 0 saturated heterocycles. The summed E-state index contributed by atoms with van der Waals surface area (Å²) in [5.74, 6) is 0.637. The van der Waals surface area contributed by atoms with Gasteiger partial charge in [0.15, 0.2) is 0 Å². The number of allylic oxidation sites excluding steroid dienone is 3. The number of nitrogens with zero attached hydrogens (tertiary/aromatic N) is 1. The number of hydrogen-bond acceptors (Lipinski definition) is 1. The summed E-state index contributed by atoms with van der Waals surface area (Å²) in [6, 6.07) is 0. The summed E-state index contributed by atoms with van der Waals surface area (Å²) < 4.78 is 2.82. The van der Waals surface area contributed by atoms with E-state index >= 15 is 0 Å². The van der Waals surface area contributed by atoms with Gasteiger partial charge in [-0.1, -0.05) is 63.9 Å². The average Bonchev–Trinajstić information content (AvgIpc) is 2.77. The van der Waals surface area contributed by atoms with Gasteiger partial charge in [0.05, 0.1) is 5.92 Å². The number of rotatable bonds is 13. The van der Waals surface area contributed by atoms with Crippen LogP contribution in [0.1, 0.15) is 98.8 Å². The van der Waals surface area contributed by atoms with Gasteiger partial charge in [0.25, 0.3) is 0 Å². The molecule has 145 valence electrons. The summed E-state index contributed by atoms with van der Waals surface area (Å²) in [6.07, 6.45) is 14.3. The Balaban J connectivity index is 2.30. The van der Waals surface area contributed by atoms with Crippen LogP contribution in [0.2, 0.25) is 13.1 Å². The van der Waals surface area contributed by atoms with E-state index in [9.17, 15) is 0 Å². The molecule has 1 aliphatic carbocycles. The van der Waals surface area contributed by atoms with Crippen molar-refractivity contribution < 1.29 is 0 Å². The van der Waals surface area contributed by atoms with E-state index < -0.39 is 8.96 Å². The standard InChI is InChI=1S/C23H45NSi/c1-8-9-10-11-12-13-14-15-16-17-18-24(25(6)7)23-21(4)19(2)20(3)22(23)5/h21,25H,8-18H2,1-7H3/q+1. The molecule has 0 saturated carbocycles. The topological polar surface area (TPSA) is 5.90 Å². The Bertz CT molecular complexity index is 447. The molecule has 0 fully saturated rings. The first-order valence-electron chi connectivity index (χ1n) is 11.1. The molecule has 0 spiro atoms. The monoisotopic (exact) mass is 363 g/mol. The molecule has 1 rings (SSSR count). The van der Waals surface area contributed by atoms with Crippen molar-refractivity contribution >= 4 is 8.96 Å². The fraction of sp³-hybridized carbons (Fsp3) is 0.826. The minimum atomic E-state index is -0.803. The highest BCUT2D eigenvalue weighted by Crippen LogP contribution is 2.37. The first kappa shape index (κ1) is 22.7. The Morgan fingerprint density at radius 1 is 0.760 bits per heavy atom. The Morgan fingerprint density at radius 3 is 1.64 bits per heavy atom. The molecule has 0 heterocycles. The molecule has 0 bridgehead atoms. The first-order valence-corrected chi connectivity index (χ1v) is 13.9. The molecule has 0 aromatic carbocycles. The highest BCUT2D eigenvalue weighted by molar-refractivity contribution is 6.54. The van der Waals surface area contributed by atoms with Gasteiger partial charge in [0, 0.05) is 5.57 Å². The van der Waals surface area contributed by atoms with Crippen LogP contribution in [-0.2, 0) is 0 Å². The first-order chi connectivity index (χ1) is 11.9. The van der Waals surface area contributed by atoms with E-state index in [2.05, 4.69) is 52.3 Å². The molecule has 2 heteroatoms. The Hall–Kier alpha value is -0.343. The van der Waals surface area contributed by atoms with Crippen LogP contribution in [-0.4, -0.2) is 15.5 Å². The van der Waals surface area contributed by atoms with Crippen molar-refractivity contribution in [1.82, 2.24) is 4.57 Å². The van der Waals surface area contributed by atoms with Crippen molar-refractivity contribution in [1.29, 1.82) is 0 Å². The summed E-state index contributed by atoms with van der Waals surface area (Å²) in [4.78, 5) is 0. The zero-order chi connectivity index (χ0) is 18.8. The third kappa shape index (κ3) is 7.06. The van der Waals surface area contributed by atoms with Crippen LogP contribution in [0, 0.1) is 5.92 Å². The lowest BCUT2D eigenvalue weighted by atomic mass is 10.0. The van der Waals surface area contributed by atoms with Crippen molar-refractivity contribution in [2.45, 2.75) is 112 Å². The lowest BCUT2D eigenvalue weighted by molar-refractivity contribution is 0.524. The molecule has 0 aliphatic heterocycles. The van der Waals surface area contributed by atoms with Gasteiger partial charge in [-0.05, 0) is 59.2 Å². The SMILES string of the molecule is CCCCCCCCCCCC[N+](C1=C(C)C(C)=C(C)C1C)[SiH](C)C. The number of hydrogen-bond donors (Lipinski definition) is 0. The molecular formula is C23H45NSi+. The van der Waals surface area contributed by atoms with Gasteiger partial charge < -0.3 is 0 Å². The fourth-order valence-electron chi connectivity index (χ4n) is 4.23. The molecule has 25 heavy (non-hydrogen) atoms. The van der Waals surface area contributed by atoms with Gasteiger partial charge in [0.1, 0.15) is 12.2 Å². The van der Waals surface area contributed by atoms with E-state index in [4.69, 9.17) is 0 Å². The molecule has 1 unspecified atom stereocenters. The lowest BCUT2D eigenvalue weighted by Crippen LogP contribution is -2.42. The largest absolute Gasteiger partial charge is 0.314 e. The third-order valence-electron chi connectivity index (χ3n) is 6.28. The van der Waals surface area contributed by atoms with Crippen LogP contribution in [0.25, 0.3) is 0 Å². The summed E-state index contributed by atoms with van der Waals surface area (Å²) in [5, 5.41) is 0. The Kier molecular flexibility index (Phi) is 11.0. The van der Waals surface area contributed by atoms with Gasteiger partial charge in [-0.3, -0.25) is 0 Å². The molecule has 1 radical (unpaired) electrons. The van der Waals surface area contributed by atoms with Crippen LogP contribution >= 0.6 is 0 Å². The zero-order valence-electron chi connectivity index (χ0n) is 18.4. The van der Waals surface area contributed by atoms with Crippen molar-refractivity contribution in [3.63, 3.8) is 0 Å². The van der Waals surface area contributed by atoms with Gasteiger partial charge >= 0.3 is 8.96 Å². The molecule has 0 N–H and O–H groups in total. The normalized spacial score (nSPS) is 18.4. The van der Waals surface area contributed by atoms with Crippen molar-refractivity contribution in [3.05, 3.63) is 22.4 Å². The van der Waals surface area contributed by atoms with E-state index in [1.165, 1.54) is 70.8 Å². The highest BCUT2D eigenvalue weighted by Gasteiger charge is 2.36. The Labute approximate surface area is 160 Å². The van der Waals surface area contributed by atoms with E-state index in [-0.39, 0.29) is 0 Å². The fourth-order valence-corrected chi connectivity index (χ4v) is 5.91. The van der Waals surface area contributed by atoms with Crippen molar-refractivity contribution in [3.8, 4) is 0 Å². The van der Waals surface area contributed by atoms with Gasteiger partial charge in [-0.15, -0.1) is 0 Å². The zero-order valence-corrected chi connectivity index (χ0v) is 19.5. The van der Waals surface area contributed by atoms with Crippen LogP contribution in [0.5, 0.6) is 0 Å². The smallest absolute Gasteiger partial charge is 0.209 e. The van der Waals surface area contributed by atoms with E-state index in [1.807, 2.05) is 0 Å². The second-order valence-electron chi connectivity index (χ2n) is 8.51. The molecule has 1 atom stereocenters. The molecule has 0 aromatic rings. The van der Waals surface area contributed by atoms with Gasteiger partial charge in [-0.25, -0.2) is 4.57 Å². The molecular weight excluding hydrogens is 318 g/mol. The van der Waals surface area contributed by atoms with Crippen LogP contribution in [0.3, 0.4) is 0 Å². The second kappa shape index (κ2) is 12.1. The molecule has 0 amide bonds. The Morgan fingerprint density at radius 2 is 1.24 bits per heavy atom. The van der Waals surface area contributed by atoms with Crippen LogP contribution in [0.4, 0.5) is 0 Å². The predicted molar refractivity (Wildman–Crippen MR) is 118 cm³/mol. The van der Waals surface area contributed by atoms with Crippen LogP contribution < -0.4 is 4.57 Å². The summed E-state index contributed by atoms with van der Waals surface area (Å²) in [6.45, 7) is 18.0. The third-order valence-corrected chi connectivity index (χ3v) is 8.07. The predicted octanol–water partition coefficient (Wildman–Crippen LogP) is 7.29. The quantitative estimate of drug-likeness (QED) is 0.239. The van der Waals surface area contributed by atoms with Crippen LogP contribution in [0.15, 0.2) is 22.4 Å².